The van der Waals surface area contributed by atoms with Crippen LogP contribution >= 0.6 is 11.6 Å². The average molecular weight is 377 g/mol. The van der Waals surface area contributed by atoms with Crippen molar-refractivity contribution < 1.29 is 13.7 Å². The second-order valence-electron chi connectivity index (χ2n) is 4.87. The second kappa shape index (κ2) is 9.25. The summed E-state index contributed by atoms with van der Waals surface area (Å²) < 4.78 is 16.9. The van der Waals surface area contributed by atoms with Crippen LogP contribution in [0.15, 0.2) is 53.6 Å². The van der Waals surface area contributed by atoms with Crippen molar-refractivity contribution in [2.45, 2.75) is 11.9 Å². The maximum atomic E-state index is 11.8. The minimum Gasteiger partial charge on any atom is -0.479 e. The van der Waals surface area contributed by atoms with Crippen molar-refractivity contribution in [2.24, 2.45) is 0 Å². The van der Waals surface area contributed by atoms with Crippen molar-refractivity contribution in [3.05, 3.63) is 59.1 Å². The van der Waals surface area contributed by atoms with Crippen LogP contribution in [0.25, 0.3) is 10.8 Å². The van der Waals surface area contributed by atoms with Gasteiger partial charge < -0.3 is 4.74 Å². The Morgan fingerprint density at radius 2 is 1.84 bits per heavy atom. The smallest absolute Gasteiger partial charge is 0.241 e. The minimum atomic E-state index is -1.10. The van der Waals surface area contributed by atoms with Gasteiger partial charge in [-0.15, -0.1) is 10.2 Å². The van der Waals surface area contributed by atoms with E-state index in [1.807, 2.05) is 31.2 Å². The SMILES string of the molecule is CCS(=O)c1nnc(OC)c2ccccc12.O=Cc1cccc(Cl)c1. The third-order valence-electron chi connectivity index (χ3n) is 3.28. The molecule has 0 spiro atoms. The molecule has 1 atom stereocenters. The van der Waals surface area contributed by atoms with Gasteiger partial charge in [0.05, 0.1) is 17.9 Å². The molecule has 0 aliphatic rings. The number of ether oxygens (including phenoxy) is 1. The highest BCUT2D eigenvalue weighted by Gasteiger charge is 2.12. The van der Waals surface area contributed by atoms with E-state index in [9.17, 15) is 9.00 Å². The number of hydrogen-bond donors (Lipinski definition) is 0. The fourth-order valence-corrected chi connectivity index (χ4v) is 3.12. The van der Waals surface area contributed by atoms with E-state index in [4.69, 9.17) is 16.3 Å². The van der Waals surface area contributed by atoms with Crippen LogP contribution in [-0.4, -0.2) is 33.6 Å². The van der Waals surface area contributed by atoms with E-state index < -0.39 is 10.8 Å². The first-order valence-electron chi connectivity index (χ1n) is 7.49. The average Bonchev–Trinajstić information content (AvgIpc) is 2.67. The number of hydrogen-bond acceptors (Lipinski definition) is 5. The lowest BCUT2D eigenvalue weighted by Crippen LogP contribution is -2.02. The molecule has 0 radical (unpaired) electrons. The van der Waals surface area contributed by atoms with E-state index in [1.165, 1.54) is 0 Å². The Morgan fingerprint density at radius 3 is 2.40 bits per heavy atom. The zero-order chi connectivity index (χ0) is 18.2. The van der Waals surface area contributed by atoms with Gasteiger partial charge in [-0.3, -0.25) is 9.00 Å². The number of aromatic nitrogens is 2. The molecule has 1 unspecified atom stereocenters. The molecule has 1 heterocycles. The van der Waals surface area contributed by atoms with Crippen molar-refractivity contribution in [1.82, 2.24) is 10.2 Å². The highest BCUT2D eigenvalue weighted by Crippen LogP contribution is 2.25. The predicted molar refractivity (Wildman–Crippen MR) is 99.9 cm³/mol. The first kappa shape index (κ1) is 19.0. The summed E-state index contributed by atoms with van der Waals surface area (Å²) in [6.45, 7) is 1.86. The maximum absolute atomic E-state index is 11.8. The summed E-state index contributed by atoms with van der Waals surface area (Å²) in [7, 11) is 0.444. The third-order valence-corrected chi connectivity index (χ3v) is 4.77. The monoisotopic (exact) mass is 376 g/mol. The molecular formula is C18H17ClN2O3S. The maximum Gasteiger partial charge on any atom is 0.241 e. The standard InChI is InChI=1S/C11H12N2O2S.C7H5ClO/c1-3-16(14)11-9-7-5-4-6-8(9)10(15-2)12-13-11;8-7-3-1-2-6(4-7)5-9/h4-7H,3H2,1-2H3;1-5H. The highest BCUT2D eigenvalue weighted by atomic mass is 35.5. The number of nitrogens with zero attached hydrogens (tertiary/aromatic N) is 2. The summed E-state index contributed by atoms with van der Waals surface area (Å²) >= 11 is 5.56. The number of aldehydes is 1. The molecule has 0 fully saturated rings. The Balaban J connectivity index is 0.000000212. The van der Waals surface area contributed by atoms with Gasteiger partial charge in [-0.1, -0.05) is 48.9 Å². The lowest BCUT2D eigenvalue weighted by Gasteiger charge is -2.06. The van der Waals surface area contributed by atoms with Gasteiger partial charge in [0.15, 0.2) is 5.03 Å². The van der Waals surface area contributed by atoms with Gasteiger partial charge in [-0.25, -0.2) is 0 Å². The molecular weight excluding hydrogens is 360 g/mol. The first-order chi connectivity index (χ1) is 12.1. The highest BCUT2D eigenvalue weighted by molar-refractivity contribution is 7.85. The molecule has 0 aliphatic heterocycles. The van der Waals surface area contributed by atoms with E-state index in [0.29, 0.717) is 27.2 Å². The second-order valence-corrected chi connectivity index (χ2v) is 6.96. The van der Waals surface area contributed by atoms with Crippen molar-refractivity contribution in [2.75, 3.05) is 12.9 Å². The molecule has 0 saturated carbocycles. The van der Waals surface area contributed by atoms with Gasteiger partial charge in [0, 0.05) is 27.1 Å². The molecule has 0 amide bonds. The molecule has 3 rings (SSSR count). The fraction of sp³-hybridized carbons (Fsp3) is 0.167. The molecule has 5 nitrogen and oxygen atoms in total. The normalized spacial score (nSPS) is 11.3. The molecule has 0 N–H and O–H groups in total. The van der Waals surface area contributed by atoms with Crippen LogP contribution < -0.4 is 4.74 Å². The van der Waals surface area contributed by atoms with Crippen LogP contribution in [0, 0.1) is 0 Å². The van der Waals surface area contributed by atoms with Gasteiger partial charge in [0.2, 0.25) is 5.88 Å². The van der Waals surface area contributed by atoms with E-state index in [2.05, 4.69) is 10.2 Å². The van der Waals surface area contributed by atoms with Crippen LogP contribution in [0.5, 0.6) is 5.88 Å². The van der Waals surface area contributed by atoms with Gasteiger partial charge in [-0.2, -0.15) is 0 Å². The topological polar surface area (TPSA) is 69.2 Å². The van der Waals surface area contributed by atoms with Gasteiger partial charge in [-0.05, 0) is 18.2 Å². The van der Waals surface area contributed by atoms with Crippen LogP contribution in [-0.2, 0) is 10.8 Å². The van der Waals surface area contributed by atoms with E-state index in [-0.39, 0.29) is 0 Å². The first-order valence-corrected chi connectivity index (χ1v) is 9.19. The number of carbonyl (C=O) groups is 1. The van der Waals surface area contributed by atoms with Crippen LogP contribution in [0.4, 0.5) is 0 Å². The largest absolute Gasteiger partial charge is 0.479 e. The number of methoxy groups -OCH3 is 1. The van der Waals surface area contributed by atoms with Crippen molar-refractivity contribution in [3.63, 3.8) is 0 Å². The van der Waals surface area contributed by atoms with Gasteiger partial charge in [0.1, 0.15) is 6.29 Å². The number of rotatable bonds is 4. The van der Waals surface area contributed by atoms with Crippen LogP contribution in [0.3, 0.4) is 0 Å². The predicted octanol–water partition coefficient (Wildman–Crippen LogP) is 3.92. The zero-order valence-electron chi connectivity index (χ0n) is 13.8. The molecule has 3 aromatic rings. The summed E-state index contributed by atoms with van der Waals surface area (Å²) in [5.41, 5.74) is 0.613. The summed E-state index contributed by atoms with van der Waals surface area (Å²) in [6.07, 6.45) is 0.770. The van der Waals surface area contributed by atoms with Crippen molar-refractivity contribution in [1.29, 1.82) is 0 Å². The van der Waals surface area contributed by atoms with Gasteiger partial charge >= 0.3 is 0 Å². The third kappa shape index (κ3) is 4.84. The quantitative estimate of drug-likeness (QED) is 0.645. The zero-order valence-corrected chi connectivity index (χ0v) is 15.4. The van der Waals surface area contributed by atoms with E-state index >= 15 is 0 Å². The van der Waals surface area contributed by atoms with Crippen molar-refractivity contribution >= 4 is 39.5 Å². The summed E-state index contributed by atoms with van der Waals surface area (Å²) in [5, 5.41) is 10.7. The Bertz CT molecular complexity index is 902. The Hall–Kier alpha value is -2.31. The lowest BCUT2D eigenvalue weighted by atomic mass is 10.2. The Kier molecular flexibility index (Phi) is 7.03. The summed E-state index contributed by atoms with van der Waals surface area (Å²) in [5.74, 6) is 0.998. The number of benzene rings is 2. The Labute approximate surface area is 153 Å². The van der Waals surface area contributed by atoms with Gasteiger partial charge in [0.25, 0.3) is 0 Å². The van der Waals surface area contributed by atoms with E-state index in [0.717, 1.165) is 17.1 Å². The molecule has 0 bridgehead atoms. The lowest BCUT2D eigenvalue weighted by molar-refractivity contribution is 0.112. The molecule has 0 saturated heterocycles. The number of carbonyl (C=O) groups excluding carboxylic acids is 1. The molecule has 25 heavy (non-hydrogen) atoms. The fourth-order valence-electron chi connectivity index (χ4n) is 2.09. The summed E-state index contributed by atoms with van der Waals surface area (Å²) in [4.78, 5) is 10.1. The molecule has 7 heteroatoms. The number of fused-ring (bicyclic) bond motifs is 1. The van der Waals surface area contributed by atoms with E-state index in [1.54, 1.807) is 31.4 Å². The molecule has 1 aromatic heterocycles. The van der Waals surface area contributed by atoms with Crippen LogP contribution in [0.2, 0.25) is 5.02 Å². The summed E-state index contributed by atoms with van der Waals surface area (Å²) in [6, 6.07) is 14.4. The molecule has 2 aromatic carbocycles. The van der Waals surface area contributed by atoms with Crippen molar-refractivity contribution in [3.8, 4) is 5.88 Å². The minimum absolute atomic E-state index is 0.465. The number of halogens is 1. The molecule has 0 aliphatic carbocycles. The van der Waals surface area contributed by atoms with Crippen LogP contribution in [0.1, 0.15) is 17.3 Å². The molecule has 130 valence electrons. The Morgan fingerprint density at radius 1 is 1.12 bits per heavy atom.